The van der Waals surface area contributed by atoms with E-state index in [1.165, 1.54) is 51.4 Å². The molecule has 2 N–H and O–H groups in total. The lowest BCUT2D eigenvalue weighted by Gasteiger charge is -2.22. The van der Waals surface area contributed by atoms with Gasteiger partial charge in [-0.05, 0) is 31.1 Å². The number of carbonyl (C=O) groups is 2. The van der Waals surface area contributed by atoms with Crippen molar-refractivity contribution in [3.05, 3.63) is 0 Å². The van der Waals surface area contributed by atoms with Gasteiger partial charge in [0.2, 0.25) is 0 Å². The van der Waals surface area contributed by atoms with Gasteiger partial charge in [0.1, 0.15) is 0 Å². The minimum absolute atomic E-state index is 0.0714. The van der Waals surface area contributed by atoms with Crippen molar-refractivity contribution in [2.45, 2.75) is 96.8 Å². The Labute approximate surface area is 147 Å². The molecule has 0 radical (unpaired) electrons. The number of carboxylic acids is 2. The van der Waals surface area contributed by atoms with E-state index in [9.17, 15) is 14.7 Å². The molecule has 1 saturated carbocycles. The molecule has 4 heteroatoms. The van der Waals surface area contributed by atoms with Gasteiger partial charge in [-0.1, -0.05) is 71.1 Å². The average molecular weight is 341 g/mol. The number of unbranched alkanes of at least 4 members (excludes halogenated alkanes) is 1. The van der Waals surface area contributed by atoms with Crippen LogP contribution in [0, 0.1) is 17.8 Å². The van der Waals surface area contributed by atoms with Crippen molar-refractivity contribution in [2.75, 3.05) is 0 Å². The Morgan fingerprint density at radius 3 is 2.29 bits per heavy atom. The first-order chi connectivity index (χ1) is 11.5. The Morgan fingerprint density at radius 2 is 1.71 bits per heavy atom. The third-order valence-electron chi connectivity index (χ3n) is 5.69. The Hall–Kier alpha value is -1.06. The van der Waals surface area contributed by atoms with Gasteiger partial charge in [-0.25, -0.2) is 0 Å². The van der Waals surface area contributed by atoms with Gasteiger partial charge in [-0.2, -0.15) is 0 Å². The maximum atomic E-state index is 11.4. The fourth-order valence-electron chi connectivity index (χ4n) is 4.07. The molecule has 2 atom stereocenters. The molecule has 0 aromatic heterocycles. The minimum Gasteiger partial charge on any atom is -0.481 e. The van der Waals surface area contributed by atoms with Crippen LogP contribution < -0.4 is 0 Å². The highest BCUT2D eigenvalue weighted by Gasteiger charge is 2.22. The maximum absolute atomic E-state index is 11.4. The Kier molecular flexibility index (Phi) is 10.8. The summed E-state index contributed by atoms with van der Waals surface area (Å²) in [6, 6.07) is 0. The van der Waals surface area contributed by atoms with Crippen LogP contribution in [0.25, 0.3) is 0 Å². The molecular weight excluding hydrogens is 304 g/mol. The predicted molar refractivity (Wildman–Crippen MR) is 96.1 cm³/mol. The lowest BCUT2D eigenvalue weighted by atomic mass is 9.83. The van der Waals surface area contributed by atoms with Crippen molar-refractivity contribution in [2.24, 2.45) is 17.8 Å². The molecule has 0 aromatic carbocycles. The molecule has 0 aliphatic heterocycles. The molecule has 24 heavy (non-hydrogen) atoms. The molecule has 0 saturated heterocycles. The standard InChI is InChI=1S/C20H36O4/c1-2-16(9-6-7-12-17-10-4-3-5-11-17)15-18(20(23)24)13-8-14-19(21)22/h16-18H,2-15H2,1H3,(H,21,22)(H,23,24). The van der Waals surface area contributed by atoms with E-state index in [1.54, 1.807) is 0 Å². The van der Waals surface area contributed by atoms with Crippen LogP contribution in [-0.4, -0.2) is 22.2 Å². The van der Waals surface area contributed by atoms with Gasteiger partial charge in [-0.3, -0.25) is 9.59 Å². The summed E-state index contributed by atoms with van der Waals surface area (Å²) in [4.78, 5) is 22.0. The summed E-state index contributed by atoms with van der Waals surface area (Å²) in [5.74, 6) is -0.591. The van der Waals surface area contributed by atoms with E-state index in [4.69, 9.17) is 5.11 Å². The highest BCUT2D eigenvalue weighted by Crippen LogP contribution is 2.30. The number of rotatable bonds is 13. The van der Waals surface area contributed by atoms with Crippen LogP contribution in [0.5, 0.6) is 0 Å². The molecule has 0 heterocycles. The third kappa shape index (κ3) is 9.29. The summed E-state index contributed by atoms with van der Waals surface area (Å²) in [5.41, 5.74) is 0. The van der Waals surface area contributed by atoms with Gasteiger partial charge in [0.15, 0.2) is 0 Å². The van der Waals surface area contributed by atoms with Crippen LogP contribution in [0.4, 0.5) is 0 Å². The molecule has 0 aromatic rings. The summed E-state index contributed by atoms with van der Waals surface area (Å²) in [6.45, 7) is 2.14. The normalized spacial score (nSPS) is 18.2. The second-order valence-corrected chi connectivity index (χ2v) is 7.62. The second kappa shape index (κ2) is 12.3. The van der Waals surface area contributed by atoms with Gasteiger partial charge in [-0.15, -0.1) is 0 Å². The summed E-state index contributed by atoms with van der Waals surface area (Å²) in [6.07, 6.45) is 14.7. The fraction of sp³-hybridized carbons (Fsp3) is 0.900. The highest BCUT2D eigenvalue weighted by molar-refractivity contribution is 5.70. The number of carboxylic acid groups (broad SMARTS) is 2. The second-order valence-electron chi connectivity index (χ2n) is 7.62. The van der Waals surface area contributed by atoms with Crippen LogP contribution in [0.1, 0.15) is 96.8 Å². The minimum atomic E-state index is -0.839. The molecule has 140 valence electrons. The van der Waals surface area contributed by atoms with Gasteiger partial charge in [0.25, 0.3) is 0 Å². The van der Waals surface area contributed by atoms with E-state index < -0.39 is 11.9 Å². The van der Waals surface area contributed by atoms with Crippen LogP contribution in [0.3, 0.4) is 0 Å². The number of hydrogen-bond donors (Lipinski definition) is 2. The lowest BCUT2D eigenvalue weighted by Crippen LogP contribution is -2.18. The zero-order valence-electron chi connectivity index (χ0n) is 15.3. The van der Waals surface area contributed by atoms with Crippen LogP contribution in [0.15, 0.2) is 0 Å². The van der Waals surface area contributed by atoms with E-state index >= 15 is 0 Å². The van der Waals surface area contributed by atoms with E-state index in [-0.39, 0.29) is 12.3 Å². The SMILES string of the molecule is CCC(CCCCC1CCCCC1)CC(CCCC(=O)O)C(=O)O. The lowest BCUT2D eigenvalue weighted by molar-refractivity contribution is -0.143. The van der Waals surface area contributed by atoms with Crippen molar-refractivity contribution in [3.8, 4) is 0 Å². The highest BCUT2D eigenvalue weighted by atomic mass is 16.4. The first-order valence-electron chi connectivity index (χ1n) is 9.97. The predicted octanol–water partition coefficient (Wildman–Crippen LogP) is 5.50. The van der Waals surface area contributed by atoms with Crippen molar-refractivity contribution in [1.29, 1.82) is 0 Å². The van der Waals surface area contributed by atoms with Gasteiger partial charge in [0, 0.05) is 6.42 Å². The Morgan fingerprint density at radius 1 is 1.00 bits per heavy atom. The largest absolute Gasteiger partial charge is 0.481 e. The molecule has 2 unspecified atom stereocenters. The summed E-state index contributed by atoms with van der Waals surface area (Å²) < 4.78 is 0. The van der Waals surface area contributed by atoms with Crippen molar-refractivity contribution < 1.29 is 19.8 Å². The first-order valence-corrected chi connectivity index (χ1v) is 9.97. The van der Waals surface area contributed by atoms with Crippen molar-refractivity contribution in [3.63, 3.8) is 0 Å². The topological polar surface area (TPSA) is 74.6 Å². The third-order valence-corrected chi connectivity index (χ3v) is 5.69. The molecule has 0 amide bonds. The fourth-order valence-corrected chi connectivity index (χ4v) is 4.07. The maximum Gasteiger partial charge on any atom is 0.306 e. The van der Waals surface area contributed by atoms with Crippen LogP contribution in [-0.2, 0) is 9.59 Å². The number of hydrogen-bond acceptors (Lipinski definition) is 2. The van der Waals surface area contributed by atoms with E-state index in [1.807, 2.05) is 0 Å². The van der Waals surface area contributed by atoms with E-state index in [2.05, 4.69) is 6.92 Å². The van der Waals surface area contributed by atoms with Crippen molar-refractivity contribution >= 4 is 11.9 Å². The summed E-state index contributed by atoms with van der Waals surface area (Å²) in [5, 5.41) is 18.1. The quantitative estimate of drug-likeness (QED) is 0.434. The summed E-state index contributed by atoms with van der Waals surface area (Å²) >= 11 is 0. The van der Waals surface area contributed by atoms with Gasteiger partial charge >= 0.3 is 11.9 Å². The Bertz CT molecular complexity index is 361. The molecule has 1 rings (SSSR count). The molecule has 1 aliphatic rings. The average Bonchev–Trinajstić information content (AvgIpc) is 2.56. The van der Waals surface area contributed by atoms with Gasteiger partial charge < -0.3 is 10.2 Å². The van der Waals surface area contributed by atoms with Gasteiger partial charge in [0.05, 0.1) is 5.92 Å². The molecule has 0 spiro atoms. The smallest absolute Gasteiger partial charge is 0.306 e. The van der Waals surface area contributed by atoms with E-state index in [0.29, 0.717) is 25.2 Å². The number of aliphatic carboxylic acids is 2. The van der Waals surface area contributed by atoms with Crippen LogP contribution >= 0.6 is 0 Å². The first kappa shape index (κ1) is 21.0. The monoisotopic (exact) mass is 340 g/mol. The summed E-state index contributed by atoms with van der Waals surface area (Å²) in [7, 11) is 0. The van der Waals surface area contributed by atoms with Crippen LogP contribution in [0.2, 0.25) is 0 Å². The van der Waals surface area contributed by atoms with Crippen molar-refractivity contribution in [1.82, 2.24) is 0 Å². The zero-order chi connectivity index (χ0) is 17.8. The molecule has 1 aliphatic carbocycles. The van der Waals surface area contributed by atoms with E-state index in [0.717, 1.165) is 18.8 Å². The zero-order valence-corrected chi connectivity index (χ0v) is 15.3. The Balaban J connectivity index is 2.24. The molecule has 0 bridgehead atoms. The molecule has 1 fully saturated rings. The molecule has 4 nitrogen and oxygen atoms in total. The molecular formula is C20H36O4.